The van der Waals surface area contributed by atoms with Crippen LogP contribution in [0.5, 0.6) is 5.75 Å². The Morgan fingerprint density at radius 3 is 2.77 bits per heavy atom. The molecule has 0 aliphatic rings. The molecule has 6 nitrogen and oxygen atoms in total. The molecule has 3 rings (SSSR count). The van der Waals surface area contributed by atoms with Gasteiger partial charge in [0, 0.05) is 0 Å². The number of nitrogens with one attached hydrogen (secondary N) is 1. The maximum Gasteiger partial charge on any atom is 0.280 e. The molecule has 0 spiro atoms. The Morgan fingerprint density at radius 1 is 1.23 bits per heavy atom. The van der Waals surface area contributed by atoms with E-state index in [1.807, 2.05) is 25.1 Å². The zero-order chi connectivity index (χ0) is 18.7. The molecule has 0 aliphatic heterocycles. The van der Waals surface area contributed by atoms with Gasteiger partial charge in [-0.25, -0.2) is 9.66 Å². The Bertz CT molecular complexity index is 1010. The quantitative estimate of drug-likeness (QED) is 0.767. The Labute approximate surface area is 151 Å². The zero-order valence-electron chi connectivity index (χ0n) is 15.0. The molecule has 0 aliphatic carbocycles. The Hall–Kier alpha value is -3.15. The van der Waals surface area contributed by atoms with Crippen molar-refractivity contribution in [3.63, 3.8) is 0 Å². The second kappa shape index (κ2) is 7.39. The molecule has 134 valence electrons. The van der Waals surface area contributed by atoms with Gasteiger partial charge in [-0.2, -0.15) is 0 Å². The van der Waals surface area contributed by atoms with Crippen molar-refractivity contribution < 1.29 is 9.53 Å². The van der Waals surface area contributed by atoms with Crippen molar-refractivity contribution >= 4 is 16.8 Å². The minimum absolute atomic E-state index is 0.192. The summed E-state index contributed by atoms with van der Waals surface area (Å²) < 4.78 is 6.77. The molecule has 26 heavy (non-hydrogen) atoms. The maximum absolute atomic E-state index is 12.4. The lowest BCUT2D eigenvalue weighted by Crippen LogP contribution is -2.35. The number of aromatic nitrogens is 2. The van der Waals surface area contributed by atoms with Crippen LogP contribution in [0.1, 0.15) is 30.9 Å². The van der Waals surface area contributed by atoms with E-state index in [1.54, 1.807) is 24.3 Å². The molecule has 0 radical (unpaired) electrons. The standard InChI is InChI=1S/C20H21N3O3/c1-13(2)15-9-8-14(3)10-18(15)26-11-19(24)22-23-12-21-17-7-5-4-6-16(17)20(23)25/h4-10,12-13H,11H2,1-3H3,(H,22,24). The second-order valence-corrected chi connectivity index (χ2v) is 6.46. The minimum Gasteiger partial charge on any atom is -0.483 e. The first-order chi connectivity index (χ1) is 12.5. The normalized spacial score (nSPS) is 10.9. The molecule has 1 heterocycles. The van der Waals surface area contributed by atoms with E-state index in [-0.39, 0.29) is 18.1 Å². The van der Waals surface area contributed by atoms with Gasteiger partial charge in [-0.15, -0.1) is 0 Å². The van der Waals surface area contributed by atoms with Crippen molar-refractivity contribution in [2.45, 2.75) is 26.7 Å². The van der Waals surface area contributed by atoms with E-state index in [2.05, 4.69) is 24.3 Å². The number of amides is 1. The highest BCUT2D eigenvalue weighted by atomic mass is 16.5. The van der Waals surface area contributed by atoms with Gasteiger partial charge in [0.2, 0.25) is 0 Å². The summed E-state index contributed by atoms with van der Waals surface area (Å²) in [4.78, 5) is 28.8. The highest BCUT2D eigenvalue weighted by Gasteiger charge is 2.11. The third-order valence-corrected chi connectivity index (χ3v) is 4.06. The smallest absolute Gasteiger partial charge is 0.280 e. The van der Waals surface area contributed by atoms with E-state index in [0.717, 1.165) is 15.8 Å². The van der Waals surface area contributed by atoms with Crippen LogP contribution < -0.4 is 15.7 Å². The number of hydrogen-bond donors (Lipinski definition) is 1. The molecule has 6 heteroatoms. The summed E-state index contributed by atoms with van der Waals surface area (Å²) in [5, 5.41) is 0.442. The summed E-state index contributed by atoms with van der Waals surface area (Å²) in [6.45, 7) is 5.91. The van der Waals surface area contributed by atoms with Crippen LogP contribution >= 0.6 is 0 Å². The van der Waals surface area contributed by atoms with Crippen LogP contribution in [0.25, 0.3) is 10.9 Å². The van der Waals surface area contributed by atoms with Crippen LogP contribution in [0, 0.1) is 6.92 Å². The second-order valence-electron chi connectivity index (χ2n) is 6.46. The Balaban J connectivity index is 1.73. The fraction of sp³-hybridized carbons (Fsp3) is 0.250. The number of para-hydroxylation sites is 1. The zero-order valence-corrected chi connectivity index (χ0v) is 15.0. The van der Waals surface area contributed by atoms with Crippen molar-refractivity contribution in [1.82, 2.24) is 9.66 Å². The van der Waals surface area contributed by atoms with Crippen LogP contribution in [0.2, 0.25) is 0 Å². The average molecular weight is 351 g/mol. The van der Waals surface area contributed by atoms with Gasteiger partial charge in [-0.3, -0.25) is 15.0 Å². The van der Waals surface area contributed by atoms with Gasteiger partial charge < -0.3 is 4.74 Å². The molecule has 0 fully saturated rings. The molecule has 1 N–H and O–H groups in total. The Kier molecular flexibility index (Phi) is 5.02. The van der Waals surface area contributed by atoms with Crippen LogP contribution in [-0.4, -0.2) is 22.2 Å². The average Bonchev–Trinajstić information content (AvgIpc) is 2.62. The molecule has 3 aromatic rings. The first-order valence-electron chi connectivity index (χ1n) is 8.45. The molecular weight excluding hydrogens is 330 g/mol. The minimum atomic E-state index is -0.430. The van der Waals surface area contributed by atoms with E-state index < -0.39 is 5.91 Å². The molecule has 0 unspecified atom stereocenters. The summed E-state index contributed by atoms with van der Waals surface area (Å²) in [6, 6.07) is 12.9. The third kappa shape index (κ3) is 3.74. The van der Waals surface area contributed by atoms with Crippen LogP contribution in [0.3, 0.4) is 0 Å². The number of carbonyl (C=O) groups excluding carboxylic acids is 1. The molecule has 0 atom stereocenters. The Morgan fingerprint density at radius 2 is 2.00 bits per heavy atom. The van der Waals surface area contributed by atoms with E-state index in [9.17, 15) is 9.59 Å². The van der Waals surface area contributed by atoms with Gasteiger partial charge in [-0.1, -0.05) is 38.1 Å². The number of fused-ring (bicyclic) bond motifs is 1. The largest absolute Gasteiger partial charge is 0.483 e. The molecular formula is C20H21N3O3. The van der Waals surface area contributed by atoms with Crippen molar-refractivity contribution in [3.05, 3.63) is 70.3 Å². The highest BCUT2D eigenvalue weighted by molar-refractivity contribution is 5.85. The predicted molar refractivity (Wildman–Crippen MR) is 101 cm³/mol. The van der Waals surface area contributed by atoms with Crippen LogP contribution in [-0.2, 0) is 4.79 Å². The number of nitrogens with zero attached hydrogens (tertiary/aromatic N) is 2. The van der Waals surface area contributed by atoms with Gasteiger partial charge in [0.25, 0.3) is 11.5 Å². The van der Waals surface area contributed by atoms with Gasteiger partial charge in [0.15, 0.2) is 6.61 Å². The maximum atomic E-state index is 12.4. The van der Waals surface area contributed by atoms with E-state index >= 15 is 0 Å². The monoisotopic (exact) mass is 351 g/mol. The number of benzene rings is 2. The summed E-state index contributed by atoms with van der Waals surface area (Å²) >= 11 is 0. The lowest BCUT2D eigenvalue weighted by Gasteiger charge is -2.15. The number of hydrogen-bond acceptors (Lipinski definition) is 4. The molecule has 0 saturated heterocycles. The number of aryl methyl sites for hydroxylation is 1. The molecule has 0 saturated carbocycles. The summed E-state index contributed by atoms with van der Waals surface area (Å²) in [5.41, 5.74) is 4.86. The molecule has 2 aromatic carbocycles. The van der Waals surface area contributed by atoms with Gasteiger partial charge >= 0.3 is 0 Å². The van der Waals surface area contributed by atoms with Crippen molar-refractivity contribution in [3.8, 4) is 5.75 Å². The lowest BCUT2D eigenvalue weighted by atomic mass is 10.0. The van der Waals surface area contributed by atoms with E-state index in [0.29, 0.717) is 16.7 Å². The first-order valence-corrected chi connectivity index (χ1v) is 8.45. The van der Waals surface area contributed by atoms with Gasteiger partial charge in [0.05, 0.1) is 10.9 Å². The summed E-state index contributed by atoms with van der Waals surface area (Å²) in [7, 11) is 0. The van der Waals surface area contributed by atoms with Gasteiger partial charge in [0.1, 0.15) is 12.1 Å². The molecule has 1 amide bonds. The topological polar surface area (TPSA) is 73.2 Å². The van der Waals surface area contributed by atoms with Gasteiger partial charge in [-0.05, 0) is 42.2 Å². The fourth-order valence-electron chi connectivity index (χ4n) is 2.70. The lowest BCUT2D eigenvalue weighted by molar-refractivity contribution is -0.119. The fourth-order valence-corrected chi connectivity index (χ4v) is 2.70. The summed E-state index contributed by atoms with van der Waals surface area (Å²) in [5.74, 6) is 0.528. The molecule has 1 aromatic heterocycles. The number of rotatable bonds is 5. The molecule has 0 bridgehead atoms. The van der Waals surface area contributed by atoms with Crippen molar-refractivity contribution in [2.75, 3.05) is 12.0 Å². The van der Waals surface area contributed by atoms with E-state index in [4.69, 9.17) is 4.74 Å². The predicted octanol–water partition coefficient (Wildman–Crippen LogP) is 2.98. The van der Waals surface area contributed by atoms with Crippen LogP contribution in [0.4, 0.5) is 0 Å². The van der Waals surface area contributed by atoms with Crippen molar-refractivity contribution in [1.29, 1.82) is 0 Å². The summed E-state index contributed by atoms with van der Waals surface area (Å²) in [6.07, 6.45) is 1.30. The number of ether oxygens (including phenoxy) is 1. The number of carbonyl (C=O) groups is 1. The third-order valence-electron chi connectivity index (χ3n) is 4.06. The highest BCUT2D eigenvalue weighted by Crippen LogP contribution is 2.27. The SMILES string of the molecule is Cc1ccc(C(C)C)c(OCC(=O)Nn2cnc3ccccc3c2=O)c1. The van der Waals surface area contributed by atoms with Crippen molar-refractivity contribution in [2.24, 2.45) is 0 Å². The van der Waals surface area contributed by atoms with E-state index in [1.165, 1.54) is 6.33 Å². The first kappa shape index (κ1) is 17.7. The van der Waals surface area contributed by atoms with Crippen LogP contribution in [0.15, 0.2) is 53.6 Å².